The molecule has 1 heterocycles. The van der Waals surface area contributed by atoms with Crippen LogP contribution in [0.15, 0.2) is 29.2 Å². The first-order valence-electron chi connectivity index (χ1n) is 4.97. The standard InChI is InChI=1S/C11H13NO2S/c1-2-14-12-11(13)10-7-8-5-3-4-6-9(8)15-10/h3-6,10H,2,7H2,1H3,(H,12,13). The van der Waals surface area contributed by atoms with E-state index in [9.17, 15) is 4.79 Å². The Labute approximate surface area is 93.2 Å². The summed E-state index contributed by atoms with van der Waals surface area (Å²) in [5.41, 5.74) is 3.70. The maximum atomic E-state index is 11.6. The molecule has 1 unspecified atom stereocenters. The number of thioether (sulfide) groups is 1. The molecule has 0 radical (unpaired) electrons. The fourth-order valence-electron chi connectivity index (χ4n) is 1.54. The van der Waals surface area contributed by atoms with E-state index in [0.717, 1.165) is 6.42 Å². The van der Waals surface area contributed by atoms with Crippen molar-refractivity contribution in [3.05, 3.63) is 29.8 Å². The Morgan fingerprint density at radius 1 is 1.60 bits per heavy atom. The topological polar surface area (TPSA) is 38.3 Å². The molecule has 3 nitrogen and oxygen atoms in total. The van der Waals surface area contributed by atoms with Gasteiger partial charge in [-0.15, -0.1) is 11.8 Å². The average molecular weight is 223 g/mol. The Morgan fingerprint density at radius 2 is 2.40 bits per heavy atom. The number of hydroxylamine groups is 1. The molecule has 0 saturated carbocycles. The van der Waals surface area contributed by atoms with E-state index in [-0.39, 0.29) is 11.2 Å². The summed E-state index contributed by atoms with van der Waals surface area (Å²) in [4.78, 5) is 17.7. The number of hydrogen-bond donors (Lipinski definition) is 1. The molecular formula is C11H13NO2S. The van der Waals surface area contributed by atoms with Crippen molar-refractivity contribution in [2.45, 2.75) is 23.5 Å². The highest BCUT2D eigenvalue weighted by molar-refractivity contribution is 8.01. The quantitative estimate of drug-likeness (QED) is 0.794. The Balaban J connectivity index is 1.98. The van der Waals surface area contributed by atoms with Crippen molar-refractivity contribution in [2.75, 3.05) is 6.61 Å². The molecule has 1 amide bonds. The van der Waals surface area contributed by atoms with E-state index in [1.807, 2.05) is 25.1 Å². The van der Waals surface area contributed by atoms with E-state index in [2.05, 4.69) is 11.5 Å². The van der Waals surface area contributed by atoms with Gasteiger partial charge in [0.25, 0.3) is 5.91 Å². The van der Waals surface area contributed by atoms with Gasteiger partial charge in [0, 0.05) is 4.90 Å². The van der Waals surface area contributed by atoms with Gasteiger partial charge in [0.05, 0.1) is 11.9 Å². The molecule has 0 fully saturated rings. The zero-order valence-corrected chi connectivity index (χ0v) is 9.34. The lowest BCUT2D eigenvalue weighted by atomic mass is 10.1. The molecule has 1 N–H and O–H groups in total. The molecular weight excluding hydrogens is 210 g/mol. The van der Waals surface area contributed by atoms with Gasteiger partial charge in [-0.05, 0) is 25.0 Å². The van der Waals surface area contributed by atoms with Crippen molar-refractivity contribution in [3.63, 3.8) is 0 Å². The third-order valence-electron chi connectivity index (χ3n) is 2.26. The van der Waals surface area contributed by atoms with Crippen molar-refractivity contribution in [3.8, 4) is 0 Å². The van der Waals surface area contributed by atoms with E-state index in [1.165, 1.54) is 10.5 Å². The number of rotatable bonds is 3. The molecule has 1 aliphatic rings. The normalized spacial score (nSPS) is 18.6. The van der Waals surface area contributed by atoms with Crippen LogP contribution in [-0.4, -0.2) is 17.8 Å². The van der Waals surface area contributed by atoms with Crippen molar-refractivity contribution >= 4 is 17.7 Å². The van der Waals surface area contributed by atoms with Crippen LogP contribution in [0.2, 0.25) is 0 Å². The maximum Gasteiger partial charge on any atom is 0.257 e. The van der Waals surface area contributed by atoms with Crippen molar-refractivity contribution in [2.24, 2.45) is 0 Å². The van der Waals surface area contributed by atoms with Crippen molar-refractivity contribution < 1.29 is 9.63 Å². The van der Waals surface area contributed by atoms with E-state index < -0.39 is 0 Å². The molecule has 1 aliphatic heterocycles. The van der Waals surface area contributed by atoms with Gasteiger partial charge >= 0.3 is 0 Å². The molecule has 0 spiro atoms. The predicted octanol–water partition coefficient (Wildman–Crippen LogP) is 1.77. The van der Waals surface area contributed by atoms with Crippen LogP contribution < -0.4 is 5.48 Å². The Morgan fingerprint density at radius 3 is 3.13 bits per heavy atom. The SMILES string of the molecule is CCONC(=O)C1Cc2ccccc2S1. The highest BCUT2D eigenvalue weighted by Crippen LogP contribution is 2.36. The summed E-state index contributed by atoms with van der Waals surface area (Å²) in [5.74, 6) is -0.0435. The van der Waals surface area contributed by atoms with Crippen molar-refractivity contribution in [1.82, 2.24) is 5.48 Å². The van der Waals surface area contributed by atoms with Crippen molar-refractivity contribution in [1.29, 1.82) is 0 Å². The molecule has 0 aliphatic carbocycles. The molecule has 15 heavy (non-hydrogen) atoms. The third-order valence-corrected chi connectivity index (χ3v) is 3.57. The summed E-state index contributed by atoms with van der Waals surface area (Å²) in [5, 5.41) is -0.0473. The van der Waals surface area contributed by atoms with Crippen LogP contribution >= 0.6 is 11.8 Å². The van der Waals surface area contributed by atoms with Gasteiger partial charge in [-0.25, -0.2) is 5.48 Å². The van der Waals surface area contributed by atoms with E-state index in [4.69, 9.17) is 4.84 Å². The lowest BCUT2D eigenvalue weighted by Crippen LogP contribution is -2.32. The average Bonchev–Trinajstić information content (AvgIpc) is 2.69. The van der Waals surface area contributed by atoms with Crippen LogP contribution in [0.3, 0.4) is 0 Å². The molecule has 2 rings (SSSR count). The van der Waals surface area contributed by atoms with Gasteiger partial charge in [-0.3, -0.25) is 9.63 Å². The fraction of sp³-hybridized carbons (Fsp3) is 0.364. The minimum Gasteiger partial charge on any atom is -0.274 e. The number of hydrogen-bond acceptors (Lipinski definition) is 3. The third kappa shape index (κ3) is 2.33. The van der Waals surface area contributed by atoms with Gasteiger partial charge in [0.2, 0.25) is 0 Å². The molecule has 80 valence electrons. The summed E-state index contributed by atoms with van der Waals surface area (Å²) in [6.45, 7) is 2.34. The minimum absolute atomic E-state index is 0.0435. The smallest absolute Gasteiger partial charge is 0.257 e. The predicted molar refractivity (Wildman–Crippen MR) is 59.6 cm³/mol. The lowest BCUT2D eigenvalue weighted by Gasteiger charge is -2.08. The lowest BCUT2D eigenvalue weighted by molar-refractivity contribution is -0.132. The summed E-state index contributed by atoms with van der Waals surface area (Å²) in [6, 6.07) is 8.11. The first-order valence-corrected chi connectivity index (χ1v) is 5.85. The molecule has 0 saturated heterocycles. The number of carbonyl (C=O) groups is 1. The first-order chi connectivity index (χ1) is 7.31. The van der Waals surface area contributed by atoms with Gasteiger partial charge < -0.3 is 0 Å². The fourth-order valence-corrected chi connectivity index (χ4v) is 2.72. The Bertz CT molecular complexity index is 342. The molecule has 1 aromatic rings. The highest BCUT2D eigenvalue weighted by atomic mass is 32.2. The van der Waals surface area contributed by atoms with E-state index in [1.54, 1.807) is 11.8 Å². The monoisotopic (exact) mass is 223 g/mol. The van der Waals surface area contributed by atoms with Crippen LogP contribution in [0.5, 0.6) is 0 Å². The number of carbonyl (C=O) groups excluding carboxylic acids is 1. The second-order valence-corrected chi connectivity index (χ2v) is 4.56. The highest BCUT2D eigenvalue weighted by Gasteiger charge is 2.27. The largest absolute Gasteiger partial charge is 0.274 e. The van der Waals surface area contributed by atoms with Crippen LogP contribution in [0.1, 0.15) is 12.5 Å². The summed E-state index contributed by atoms with van der Waals surface area (Å²) in [7, 11) is 0. The van der Waals surface area contributed by atoms with Gasteiger partial charge in [0.15, 0.2) is 0 Å². The van der Waals surface area contributed by atoms with Crippen LogP contribution in [0.4, 0.5) is 0 Å². The van der Waals surface area contributed by atoms with E-state index in [0.29, 0.717) is 6.61 Å². The zero-order valence-electron chi connectivity index (χ0n) is 8.53. The van der Waals surface area contributed by atoms with Gasteiger partial charge in [-0.2, -0.15) is 0 Å². The first kappa shape index (κ1) is 10.5. The van der Waals surface area contributed by atoms with Crippen LogP contribution in [0, 0.1) is 0 Å². The van der Waals surface area contributed by atoms with Crippen LogP contribution in [0.25, 0.3) is 0 Å². The zero-order chi connectivity index (χ0) is 10.7. The molecule has 1 aromatic carbocycles. The second-order valence-electron chi connectivity index (χ2n) is 3.32. The summed E-state index contributed by atoms with van der Waals surface area (Å²) < 4.78 is 0. The molecule has 0 aromatic heterocycles. The van der Waals surface area contributed by atoms with Gasteiger partial charge in [-0.1, -0.05) is 18.2 Å². The number of amides is 1. The van der Waals surface area contributed by atoms with Gasteiger partial charge in [0.1, 0.15) is 0 Å². The second kappa shape index (κ2) is 4.68. The summed E-state index contributed by atoms with van der Waals surface area (Å²) >= 11 is 1.60. The Hall–Kier alpha value is -1.00. The molecule has 1 atom stereocenters. The van der Waals surface area contributed by atoms with E-state index >= 15 is 0 Å². The van der Waals surface area contributed by atoms with Crippen LogP contribution in [-0.2, 0) is 16.1 Å². The maximum absolute atomic E-state index is 11.6. The Kier molecular flexibility index (Phi) is 3.28. The molecule has 0 bridgehead atoms. The number of nitrogens with one attached hydrogen (secondary N) is 1. The minimum atomic E-state index is -0.0473. The summed E-state index contributed by atoms with van der Waals surface area (Å²) in [6.07, 6.45) is 0.791. The number of fused-ring (bicyclic) bond motifs is 1. The molecule has 4 heteroatoms. The number of benzene rings is 1.